The Morgan fingerprint density at radius 1 is 1.28 bits per heavy atom. The van der Waals surface area contributed by atoms with E-state index in [0.717, 1.165) is 34.7 Å². The highest BCUT2D eigenvalue weighted by molar-refractivity contribution is 9.10. The van der Waals surface area contributed by atoms with Crippen molar-refractivity contribution in [3.8, 4) is 17.0 Å². The fourth-order valence-corrected chi connectivity index (χ4v) is 2.89. The van der Waals surface area contributed by atoms with Gasteiger partial charge in [0.2, 0.25) is 0 Å². The van der Waals surface area contributed by atoms with Gasteiger partial charge in [-0.15, -0.1) is 0 Å². The second-order valence-corrected chi connectivity index (χ2v) is 4.87. The minimum Gasteiger partial charge on any atom is -1.00 e. The van der Waals surface area contributed by atoms with Crippen LogP contribution in [0.4, 0.5) is 0 Å². The van der Waals surface area contributed by atoms with Crippen molar-refractivity contribution in [2.45, 2.75) is 19.4 Å². The summed E-state index contributed by atoms with van der Waals surface area (Å²) in [4.78, 5) is 4.60. The van der Waals surface area contributed by atoms with E-state index in [1.165, 1.54) is 12.1 Å². The molecule has 0 radical (unpaired) electrons. The van der Waals surface area contributed by atoms with Crippen molar-refractivity contribution in [2.75, 3.05) is 7.11 Å². The summed E-state index contributed by atoms with van der Waals surface area (Å²) in [6, 6.07) is 8.08. The predicted molar refractivity (Wildman–Crippen MR) is 70.2 cm³/mol. The van der Waals surface area contributed by atoms with Gasteiger partial charge in [0.05, 0.1) is 12.8 Å². The lowest BCUT2D eigenvalue weighted by molar-refractivity contribution is -0.00000369. The Hall–Kier alpha value is -0.810. The number of benzene rings is 1. The Kier molecular flexibility index (Phi) is 4.12. The summed E-state index contributed by atoms with van der Waals surface area (Å²) in [6.07, 6.45) is 2.32. The van der Waals surface area contributed by atoms with E-state index in [4.69, 9.17) is 4.74 Å². The maximum Gasteiger partial charge on any atom is 0.177 e. The molecule has 0 fully saturated rings. The molecule has 0 unspecified atom stereocenters. The second kappa shape index (κ2) is 5.45. The Morgan fingerprint density at radius 3 is 2.67 bits per heavy atom. The summed E-state index contributed by atoms with van der Waals surface area (Å²) in [7, 11) is 1.68. The molecule has 0 saturated heterocycles. The lowest BCUT2D eigenvalue weighted by atomic mass is 10.1. The molecule has 2 aromatic rings. The molecule has 0 aliphatic carbocycles. The third-order valence-electron chi connectivity index (χ3n) is 3.18. The molecule has 18 heavy (non-hydrogen) atoms. The molecule has 0 atom stereocenters. The molecule has 0 bridgehead atoms. The molecule has 0 saturated carbocycles. The van der Waals surface area contributed by atoms with Gasteiger partial charge >= 0.3 is 0 Å². The van der Waals surface area contributed by atoms with Crippen LogP contribution in [0.2, 0.25) is 0 Å². The largest absolute Gasteiger partial charge is 1.00 e. The molecule has 1 aliphatic rings. The van der Waals surface area contributed by atoms with Crippen LogP contribution in [0.15, 0.2) is 29.0 Å². The summed E-state index contributed by atoms with van der Waals surface area (Å²) in [5, 5.41) is 0. The summed E-state index contributed by atoms with van der Waals surface area (Å²) in [6.45, 7) is 1.07. The van der Waals surface area contributed by atoms with Gasteiger partial charge in [0.1, 0.15) is 5.75 Å². The van der Waals surface area contributed by atoms with Crippen LogP contribution in [0, 0.1) is 0 Å². The fraction of sp³-hybridized carbons (Fsp3) is 0.308. The highest BCUT2D eigenvalue weighted by Gasteiger charge is 2.20. The third kappa shape index (κ3) is 2.21. The van der Waals surface area contributed by atoms with Gasteiger partial charge in [-0.05, 0) is 53.0 Å². The van der Waals surface area contributed by atoms with Crippen LogP contribution in [0.3, 0.4) is 0 Å². The molecule has 0 amide bonds. The highest BCUT2D eigenvalue weighted by atomic mass is 79.9. The molecule has 1 aromatic heterocycles. The van der Waals surface area contributed by atoms with E-state index in [9.17, 15) is 0 Å². The first-order valence-corrected chi connectivity index (χ1v) is 6.48. The lowest BCUT2D eigenvalue weighted by Crippen LogP contribution is -3.00. The zero-order valence-corrected chi connectivity index (χ0v) is 13.2. The van der Waals surface area contributed by atoms with Gasteiger partial charge in [-0.25, -0.2) is 4.98 Å². The van der Waals surface area contributed by atoms with Crippen LogP contribution in [0.1, 0.15) is 12.1 Å². The number of methoxy groups -OCH3 is 1. The van der Waals surface area contributed by atoms with Gasteiger partial charge in [-0.3, -0.25) is 0 Å². The smallest absolute Gasteiger partial charge is 0.177 e. The Labute approximate surface area is 125 Å². The number of fused-ring (bicyclic) bond motifs is 1. The van der Waals surface area contributed by atoms with Crippen molar-refractivity contribution in [1.82, 2.24) is 9.55 Å². The molecule has 2 heterocycles. The fourth-order valence-electron chi connectivity index (χ4n) is 2.32. The number of hydrogen-bond donors (Lipinski definition) is 0. The van der Waals surface area contributed by atoms with E-state index in [1.807, 2.05) is 12.1 Å². The Balaban J connectivity index is 0.00000120. The number of halogens is 2. The van der Waals surface area contributed by atoms with Gasteiger partial charge in [0, 0.05) is 17.8 Å². The van der Waals surface area contributed by atoms with Gasteiger partial charge < -0.3 is 26.3 Å². The summed E-state index contributed by atoms with van der Waals surface area (Å²) in [5.41, 5.74) is 3.58. The SMILES string of the molecule is COc1ccc(-c2nc(Br)n3c2CCC3)cc1.[Br-]. The average Bonchev–Trinajstić information content (AvgIpc) is 2.94. The van der Waals surface area contributed by atoms with E-state index in [-0.39, 0.29) is 17.0 Å². The van der Waals surface area contributed by atoms with Crippen LogP contribution in [-0.4, -0.2) is 16.7 Å². The first kappa shape index (κ1) is 13.6. The molecule has 96 valence electrons. The molecule has 3 rings (SSSR count). The monoisotopic (exact) mass is 371 g/mol. The van der Waals surface area contributed by atoms with Crippen molar-refractivity contribution >= 4 is 15.9 Å². The third-order valence-corrected chi connectivity index (χ3v) is 3.79. The zero-order valence-electron chi connectivity index (χ0n) is 9.99. The van der Waals surface area contributed by atoms with Crippen LogP contribution in [0.5, 0.6) is 5.75 Å². The average molecular weight is 373 g/mol. The molecule has 3 nitrogen and oxygen atoms in total. The van der Waals surface area contributed by atoms with Crippen molar-refractivity contribution in [1.29, 1.82) is 0 Å². The van der Waals surface area contributed by atoms with Gasteiger partial charge in [0.15, 0.2) is 4.73 Å². The van der Waals surface area contributed by atoms with Gasteiger partial charge in [-0.2, -0.15) is 0 Å². The zero-order chi connectivity index (χ0) is 11.8. The lowest BCUT2D eigenvalue weighted by Gasteiger charge is -2.02. The van der Waals surface area contributed by atoms with Gasteiger partial charge in [-0.1, -0.05) is 0 Å². The van der Waals surface area contributed by atoms with E-state index < -0.39 is 0 Å². The predicted octanol–water partition coefficient (Wildman–Crippen LogP) is 0.271. The quantitative estimate of drug-likeness (QED) is 0.756. The molecular formula is C13H13Br2N2O-. The second-order valence-electron chi connectivity index (χ2n) is 4.16. The van der Waals surface area contributed by atoms with Crippen LogP contribution in [-0.2, 0) is 13.0 Å². The normalized spacial score (nSPS) is 13.0. The number of ether oxygens (including phenoxy) is 1. The molecule has 5 heteroatoms. The van der Waals surface area contributed by atoms with Gasteiger partial charge in [0.25, 0.3) is 0 Å². The molecule has 1 aromatic carbocycles. The molecule has 0 spiro atoms. The summed E-state index contributed by atoms with van der Waals surface area (Å²) >= 11 is 3.52. The highest BCUT2D eigenvalue weighted by Crippen LogP contribution is 2.32. The number of hydrogen-bond acceptors (Lipinski definition) is 2. The summed E-state index contributed by atoms with van der Waals surface area (Å²) < 4.78 is 8.36. The molecular weight excluding hydrogens is 360 g/mol. The Bertz CT molecular complexity index is 549. The van der Waals surface area contributed by atoms with Crippen molar-refractivity contribution in [3.63, 3.8) is 0 Å². The van der Waals surface area contributed by atoms with Crippen molar-refractivity contribution < 1.29 is 21.7 Å². The maximum absolute atomic E-state index is 5.17. The van der Waals surface area contributed by atoms with E-state index in [1.54, 1.807) is 7.11 Å². The number of imidazole rings is 1. The molecule has 0 N–H and O–H groups in total. The molecule has 1 aliphatic heterocycles. The minimum absolute atomic E-state index is 0. The summed E-state index contributed by atoms with van der Waals surface area (Å²) in [5.74, 6) is 0.878. The van der Waals surface area contributed by atoms with E-state index >= 15 is 0 Å². The van der Waals surface area contributed by atoms with E-state index in [0.29, 0.717) is 0 Å². The topological polar surface area (TPSA) is 27.1 Å². The number of nitrogens with zero attached hydrogens (tertiary/aromatic N) is 2. The van der Waals surface area contributed by atoms with Crippen LogP contribution in [0.25, 0.3) is 11.3 Å². The standard InChI is InChI=1S/C13H13BrN2O.BrH/c1-17-10-6-4-9(5-7-10)12-11-3-2-8-16(11)13(14)15-12;/h4-7H,2-3,8H2,1H3;1H/p-1. The number of rotatable bonds is 2. The van der Waals surface area contributed by atoms with Crippen molar-refractivity contribution in [2.24, 2.45) is 0 Å². The number of aromatic nitrogens is 2. The van der Waals surface area contributed by atoms with Crippen LogP contribution >= 0.6 is 15.9 Å². The first-order valence-electron chi connectivity index (χ1n) is 5.69. The minimum atomic E-state index is 0. The first-order chi connectivity index (χ1) is 8.29. The maximum atomic E-state index is 5.17. The van der Waals surface area contributed by atoms with E-state index in [2.05, 4.69) is 37.6 Å². The Morgan fingerprint density at radius 2 is 2.00 bits per heavy atom. The van der Waals surface area contributed by atoms with Crippen LogP contribution < -0.4 is 21.7 Å². The van der Waals surface area contributed by atoms with Crippen molar-refractivity contribution in [3.05, 3.63) is 34.7 Å².